The lowest BCUT2D eigenvalue weighted by atomic mass is 10.4. The summed E-state index contributed by atoms with van der Waals surface area (Å²) in [5.41, 5.74) is 0. The molecule has 0 rings (SSSR count). The van der Waals surface area contributed by atoms with Crippen molar-refractivity contribution in [1.29, 1.82) is 0 Å². The van der Waals surface area contributed by atoms with Gasteiger partial charge in [0, 0.05) is 40.0 Å². The lowest BCUT2D eigenvalue weighted by Crippen LogP contribution is -2.53. The molecule has 0 amide bonds. The van der Waals surface area contributed by atoms with E-state index in [0.29, 0.717) is 39.1 Å². The van der Waals surface area contributed by atoms with Gasteiger partial charge in [0.05, 0.1) is 6.04 Å². The number of ether oxygens (including phenoxy) is 2. The molecule has 0 saturated carbocycles. The van der Waals surface area contributed by atoms with Crippen LogP contribution in [0.3, 0.4) is 0 Å². The van der Waals surface area contributed by atoms with E-state index in [1.807, 2.05) is 34.6 Å². The van der Waals surface area contributed by atoms with Crippen LogP contribution in [0.4, 0.5) is 0 Å². The van der Waals surface area contributed by atoms with Crippen molar-refractivity contribution in [3.05, 3.63) is 6.92 Å². The quantitative estimate of drug-likeness (QED) is 0.409. The molecule has 5 nitrogen and oxygen atoms in total. The average molecular weight is 293 g/mol. The fourth-order valence-corrected chi connectivity index (χ4v) is 4.68. The highest BCUT2D eigenvalue weighted by Gasteiger charge is 2.48. The lowest BCUT2D eigenvalue weighted by molar-refractivity contribution is -0.195. The molecule has 0 N–H and O–H groups in total. The third kappa shape index (κ3) is 6.83. The summed E-state index contributed by atoms with van der Waals surface area (Å²) < 4.78 is 28.6. The maximum absolute atomic E-state index is 5.79. The molecular formula is C13H29O5Si. The largest absolute Gasteiger partial charge is 0.506 e. The summed E-state index contributed by atoms with van der Waals surface area (Å²) in [5.74, 6) is -0.977. The van der Waals surface area contributed by atoms with Gasteiger partial charge in [0.15, 0.2) is 5.79 Å². The van der Waals surface area contributed by atoms with Crippen molar-refractivity contribution in [3.8, 4) is 0 Å². The van der Waals surface area contributed by atoms with Gasteiger partial charge in [-0.3, -0.25) is 0 Å². The molecule has 0 heterocycles. The third-order valence-corrected chi connectivity index (χ3v) is 5.55. The van der Waals surface area contributed by atoms with Crippen molar-refractivity contribution in [2.45, 2.75) is 46.4 Å². The van der Waals surface area contributed by atoms with Crippen molar-refractivity contribution in [1.82, 2.24) is 0 Å². The summed E-state index contributed by atoms with van der Waals surface area (Å²) in [6.45, 7) is 16.2. The molecule has 0 aromatic rings. The number of rotatable bonds is 12. The van der Waals surface area contributed by atoms with Gasteiger partial charge in [-0.2, -0.15) is 0 Å². The van der Waals surface area contributed by atoms with E-state index in [1.54, 1.807) is 0 Å². The molecule has 1 radical (unpaired) electrons. The van der Waals surface area contributed by atoms with Crippen LogP contribution in [0.2, 0.25) is 6.04 Å². The molecule has 0 aromatic heterocycles. The van der Waals surface area contributed by atoms with Crippen LogP contribution in [0.25, 0.3) is 0 Å². The summed E-state index contributed by atoms with van der Waals surface area (Å²) in [5, 5.41) is 0. The summed E-state index contributed by atoms with van der Waals surface area (Å²) >= 11 is 0. The summed E-state index contributed by atoms with van der Waals surface area (Å²) in [6, 6.07) is 0.386. The lowest BCUT2D eigenvalue weighted by Gasteiger charge is -2.36. The second-order valence-corrected chi connectivity index (χ2v) is 6.52. The van der Waals surface area contributed by atoms with Crippen LogP contribution < -0.4 is 0 Å². The van der Waals surface area contributed by atoms with Gasteiger partial charge in [-0.1, -0.05) is 0 Å². The zero-order valence-corrected chi connectivity index (χ0v) is 14.0. The Labute approximate surface area is 118 Å². The molecule has 0 bridgehead atoms. The summed E-state index contributed by atoms with van der Waals surface area (Å²) in [4.78, 5) is 0. The molecule has 0 atom stereocenters. The van der Waals surface area contributed by atoms with Crippen LogP contribution in [-0.2, 0) is 22.8 Å². The Morgan fingerprint density at radius 2 is 1.11 bits per heavy atom. The maximum Gasteiger partial charge on any atom is 0.506 e. The molecule has 0 aliphatic carbocycles. The van der Waals surface area contributed by atoms with E-state index >= 15 is 0 Å². The van der Waals surface area contributed by atoms with Gasteiger partial charge in [-0.05, 0) is 34.6 Å². The maximum atomic E-state index is 5.79. The Morgan fingerprint density at radius 1 is 0.737 bits per heavy atom. The average Bonchev–Trinajstić information content (AvgIpc) is 2.30. The highest BCUT2D eigenvalue weighted by Crippen LogP contribution is 2.28. The van der Waals surface area contributed by atoms with Crippen molar-refractivity contribution >= 4 is 8.80 Å². The van der Waals surface area contributed by atoms with Crippen LogP contribution >= 0.6 is 0 Å². The fourth-order valence-electron chi connectivity index (χ4n) is 1.94. The number of hydrogen-bond donors (Lipinski definition) is 0. The van der Waals surface area contributed by atoms with Gasteiger partial charge >= 0.3 is 8.80 Å². The smallest absolute Gasteiger partial charge is 0.374 e. The fraction of sp³-hybridized carbons (Fsp3) is 0.923. The van der Waals surface area contributed by atoms with E-state index < -0.39 is 14.6 Å². The molecule has 0 aliphatic rings. The van der Waals surface area contributed by atoms with Crippen molar-refractivity contribution in [3.63, 3.8) is 0 Å². The Morgan fingerprint density at radius 3 is 1.37 bits per heavy atom. The normalized spacial score (nSPS) is 12.9. The molecule has 6 heteroatoms. The highest BCUT2D eigenvalue weighted by atomic mass is 28.4. The van der Waals surface area contributed by atoms with Crippen LogP contribution in [0.15, 0.2) is 0 Å². The first-order chi connectivity index (χ1) is 9.01. The third-order valence-electron chi connectivity index (χ3n) is 2.39. The molecule has 19 heavy (non-hydrogen) atoms. The second kappa shape index (κ2) is 9.85. The van der Waals surface area contributed by atoms with Gasteiger partial charge in [-0.25, -0.2) is 0 Å². The predicted octanol–water partition coefficient (Wildman–Crippen LogP) is 2.64. The van der Waals surface area contributed by atoms with Gasteiger partial charge in [0.2, 0.25) is 0 Å². The molecule has 0 aromatic carbocycles. The van der Waals surface area contributed by atoms with E-state index in [9.17, 15) is 0 Å². The van der Waals surface area contributed by atoms with Crippen LogP contribution in [-0.4, -0.2) is 47.6 Å². The molecule has 0 fully saturated rings. The molecule has 0 unspecified atom stereocenters. The zero-order chi connectivity index (χ0) is 14.8. The topological polar surface area (TPSA) is 46.2 Å². The first-order valence-corrected chi connectivity index (χ1v) is 8.99. The first kappa shape index (κ1) is 19.0. The van der Waals surface area contributed by atoms with Crippen molar-refractivity contribution < 1.29 is 22.8 Å². The minimum Gasteiger partial charge on any atom is -0.374 e. The predicted molar refractivity (Wildman–Crippen MR) is 76.8 cm³/mol. The Balaban J connectivity index is 4.99. The van der Waals surface area contributed by atoms with Gasteiger partial charge in [0.1, 0.15) is 0 Å². The SMILES string of the molecule is [CH2]C(C[Si](OCC)(OCC)OCC)(OCC)OCC. The van der Waals surface area contributed by atoms with Gasteiger partial charge in [0.25, 0.3) is 0 Å². The second-order valence-electron chi connectivity index (χ2n) is 3.94. The number of hydrogen-bond acceptors (Lipinski definition) is 5. The van der Waals surface area contributed by atoms with E-state index in [-0.39, 0.29) is 0 Å². The summed E-state index contributed by atoms with van der Waals surface area (Å²) in [7, 11) is -2.82. The Bertz CT molecular complexity index is 202. The van der Waals surface area contributed by atoms with E-state index in [2.05, 4.69) is 6.92 Å². The van der Waals surface area contributed by atoms with Crippen LogP contribution in [0.1, 0.15) is 34.6 Å². The van der Waals surface area contributed by atoms with Gasteiger partial charge in [-0.15, -0.1) is 0 Å². The molecule has 0 aliphatic heterocycles. The standard InChI is InChI=1S/C13H29O5Si/c1-7-14-13(6,15-8-2)12-19(16-9-3,17-10-4)18-11-5/h6-12H2,1-5H3. The first-order valence-electron chi connectivity index (χ1n) is 7.06. The minimum absolute atomic E-state index is 0.386. The van der Waals surface area contributed by atoms with Crippen molar-refractivity contribution in [2.75, 3.05) is 33.0 Å². The van der Waals surface area contributed by atoms with Crippen LogP contribution in [0.5, 0.6) is 0 Å². The van der Waals surface area contributed by atoms with E-state index in [0.717, 1.165) is 0 Å². The minimum atomic E-state index is -2.82. The molecule has 0 saturated heterocycles. The van der Waals surface area contributed by atoms with Crippen molar-refractivity contribution in [2.24, 2.45) is 0 Å². The highest BCUT2D eigenvalue weighted by molar-refractivity contribution is 6.61. The Kier molecular flexibility index (Phi) is 9.86. The van der Waals surface area contributed by atoms with E-state index in [1.165, 1.54) is 0 Å². The Hall–Kier alpha value is 0.0169. The van der Waals surface area contributed by atoms with Crippen LogP contribution in [0, 0.1) is 6.92 Å². The molecule has 0 spiro atoms. The molecule has 115 valence electrons. The summed E-state index contributed by atoms with van der Waals surface area (Å²) in [6.07, 6.45) is 0. The van der Waals surface area contributed by atoms with Gasteiger partial charge < -0.3 is 22.8 Å². The molecular weight excluding hydrogens is 264 g/mol. The zero-order valence-electron chi connectivity index (χ0n) is 13.0. The van der Waals surface area contributed by atoms with E-state index in [4.69, 9.17) is 22.8 Å². The monoisotopic (exact) mass is 293 g/mol.